The molecule has 1 N–H and O–H groups in total. The van der Waals surface area contributed by atoms with Gasteiger partial charge in [-0.25, -0.2) is 0 Å². The summed E-state index contributed by atoms with van der Waals surface area (Å²) in [5.74, 6) is 0. The topological polar surface area (TPSA) is 15.3 Å². The van der Waals surface area contributed by atoms with E-state index in [0.29, 0.717) is 17.2 Å². The van der Waals surface area contributed by atoms with Gasteiger partial charge in [-0.3, -0.25) is 0 Å². The summed E-state index contributed by atoms with van der Waals surface area (Å²) < 4.78 is 2.87. The Labute approximate surface area is 82.5 Å². The molecule has 68 valence electrons. The molecule has 0 aromatic rings. The summed E-state index contributed by atoms with van der Waals surface area (Å²) in [4.78, 5) is 5.01. The summed E-state index contributed by atoms with van der Waals surface area (Å²) in [6.45, 7) is 2.68. The quantitative estimate of drug-likeness (QED) is 0.330. The molecule has 2 aliphatic rings. The Morgan fingerprint density at radius 1 is 1.64 bits per heavy atom. The molecule has 2 heterocycles. The molecule has 0 aliphatic carbocycles. The Kier molecular flexibility index (Phi) is 2.95. The van der Waals surface area contributed by atoms with E-state index in [4.69, 9.17) is 0 Å². The predicted octanol–water partition coefficient (Wildman–Crippen LogP) is -2.28. The summed E-state index contributed by atoms with van der Waals surface area (Å²) in [6.07, 6.45) is 1.45. The summed E-state index contributed by atoms with van der Waals surface area (Å²) in [5, 5.41) is 3.56. The summed E-state index contributed by atoms with van der Waals surface area (Å²) in [6, 6.07) is 1.82. The fourth-order valence-electron chi connectivity index (χ4n) is 1.88. The monoisotopic (exact) mass is 381 g/mol. The molecule has 2 atom stereocenters. The summed E-state index contributed by atoms with van der Waals surface area (Å²) in [5.41, 5.74) is 0. The van der Waals surface area contributed by atoms with Gasteiger partial charge in [0.15, 0.2) is 0 Å². The molecular formula is C7H15I2N2-. The Hall–Kier alpha value is 1.38. The van der Waals surface area contributed by atoms with Crippen LogP contribution in [-0.4, -0.2) is 38.1 Å². The molecule has 0 aromatic heterocycles. The van der Waals surface area contributed by atoms with Crippen LogP contribution in [0.2, 0.25) is 0 Å². The average molecular weight is 381 g/mol. The minimum absolute atomic E-state index is 0.540. The Balaban J connectivity index is 1.96. The van der Waals surface area contributed by atoms with Crippen LogP contribution in [0.5, 0.6) is 0 Å². The normalized spacial score (nSPS) is 38.5. The van der Waals surface area contributed by atoms with Crippen LogP contribution in [0.1, 0.15) is 6.42 Å². The van der Waals surface area contributed by atoms with Gasteiger partial charge < -0.3 is 0 Å². The molecule has 4 heteroatoms. The zero-order chi connectivity index (χ0) is 7.84. The first kappa shape index (κ1) is 8.96. The number of halogens is 2. The van der Waals surface area contributed by atoms with Gasteiger partial charge in [-0.1, -0.05) is 0 Å². The molecule has 0 aromatic carbocycles. The fourth-order valence-corrected chi connectivity index (χ4v) is 11.0. The van der Waals surface area contributed by atoms with E-state index in [9.17, 15) is 0 Å². The number of nitrogens with one attached hydrogen (secondary N) is 1. The molecule has 2 aliphatic heterocycles. The molecule has 2 unspecified atom stereocenters. The fraction of sp³-hybridized carbons (Fsp3) is 1.00. The number of nitrogens with zero attached hydrogens (tertiary/aromatic N) is 1. The third-order valence-corrected chi connectivity index (χ3v) is 17.6. The molecule has 0 radical (unpaired) electrons. The number of piperazine rings is 1. The third kappa shape index (κ3) is 1.68. The second-order valence-corrected chi connectivity index (χ2v) is 20.7. The molecule has 2 saturated heterocycles. The van der Waals surface area contributed by atoms with E-state index < -0.39 is 16.1 Å². The van der Waals surface area contributed by atoms with Crippen molar-refractivity contribution in [1.29, 1.82) is 0 Å². The minimum atomic E-state index is -0.540. The van der Waals surface area contributed by atoms with Crippen LogP contribution >= 0.6 is 16.1 Å². The van der Waals surface area contributed by atoms with Crippen LogP contribution in [0, 0.1) is 0 Å². The number of hydrogen-bond donors (Lipinski definition) is 1. The van der Waals surface area contributed by atoms with E-state index >= 15 is 0 Å². The van der Waals surface area contributed by atoms with E-state index in [0.717, 1.165) is 12.1 Å². The molecule has 2 bridgehead atoms. The van der Waals surface area contributed by atoms with Crippen molar-refractivity contribution in [2.24, 2.45) is 0 Å². The van der Waals surface area contributed by atoms with E-state index in [2.05, 4.69) is 18.3 Å². The molecule has 0 saturated carbocycles. The number of alkyl halides is 2. The van der Waals surface area contributed by atoms with Crippen LogP contribution in [0.25, 0.3) is 0 Å². The second-order valence-electron chi connectivity index (χ2n) is 3.10. The van der Waals surface area contributed by atoms with Gasteiger partial charge >= 0.3 is 83.2 Å². The Bertz CT molecular complexity index is 153. The third-order valence-electron chi connectivity index (χ3n) is 2.50. The van der Waals surface area contributed by atoms with E-state index in [1.165, 1.54) is 19.5 Å². The molecule has 0 amide bonds. The SMILES string of the molecule is C[I-]I(C)N1CC2CC1CN2. The van der Waals surface area contributed by atoms with Gasteiger partial charge in [0.2, 0.25) is 0 Å². The van der Waals surface area contributed by atoms with E-state index in [1.807, 2.05) is 0 Å². The van der Waals surface area contributed by atoms with Crippen molar-refractivity contribution < 1.29 is 17.2 Å². The molecule has 11 heavy (non-hydrogen) atoms. The first-order valence-corrected chi connectivity index (χ1v) is 15.5. The molecule has 2 fully saturated rings. The zero-order valence-corrected chi connectivity index (χ0v) is 11.3. The van der Waals surface area contributed by atoms with Gasteiger partial charge in [-0.2, -0.15) is 0 Å². The van der Waals surface area contributed by atoms with Crippen molar-refractivity contribution in [1.82, 2.24) is 8.43 Å². The first-order valence-electron chi connectivity index (χ1n) is 3.92. The number of hydrogen-bond acceptors (Lipinski definition) is 2. The van der Waals surface area contributed by atoms with Crippen molar-refractivity contribution in [2.45, 2.75) is 18.5 Å². The van der Waals surface area contributed by atoms with Gasteiger partial charge in [0.05, 0.1) is 0 Å². The van der Waals surface area contributed by atoms with E-state index in [1.54, 1.807) is 0 Å². The van der Waals surface area contributed by atoms with Crippen LogP contribution < -0.4 is 22.5 Å². The molecule has 2 nitrogen and oxygen atoms in total. The average Bonchev–Trinajstić information content (AvgIpc) is 2.62. The van der Waals surface area contributed by atoms with Crippen molar-refractivity contribution in [2.75, 3.05) is 23.0 Å². The van der Waals surface area contributed by atoms with Crippen molar-refractivity contribution in [3.63, 3.8) is 0 Å². The number of fused-ring (bicyclic) bond motifs is 2. The zero-order valence-electron chi connectivity index (χ0n) is 6.98. The second kappa shape index (κ2) is 3.63. The van der Waals surface area contributed by atoms with Crippen molar-refractivity contribution in [3.05, 3.63) is 0 Å². The molecule has 2 rings (SSSR count). The number of rotatable bonds is 2. The standard InChI is InChI=1S/C7H15I2N2/c1-8-9(2)11-5-6-3-7(11)4-10-6/h6-7,10H,3-5H2,1-2H3/q-1. The maximum atomic E-state index is 3.56. The Morgan fingerprint density at radius 3 is 2.91 bits per heavy atom. The maximum absolute atomic E-state index is 3.56. The van der Waals surface area contributed by atoms with Crippen LogP contribution in [0.3, 0.4) is 0 Å². The van der Waals surface area contributed by atoms with Gasteiger partial charge in [-0.15, -0.1) is 0 Å². The van der Waals surface area contributed by atoms with Gasteiger partial charge in [0.25, 0.3) is 0 Å². The van der Waals surface area contributed by atoms with Crippen LogP contribution in [0.4, 0.5) is 0 Å². The first-order chi connectivity index (χ1) is 5.31. The molecular weight excluding hydrogens is 366 g/mol. The Morgan fingerprint density at radius 2 is 2.45 bits per heavy atom. The van der Waals surface area contributed by atoms with Crippen molar-refractivity contribution >= 4 is 16.1 Å². The van der Waals surface area contributed by atoms with Crippen LogP contribution in [0.15, 0.2) is 0 Å². The van der Waals surface area contributed by atoms with Crippen LogP contribution in [-0.2, 0) is 0 Å². The van der Waals surface area contributed by atoms with Gasteiger partial charge in [0, 0.05) is 0 Å². The summed E-state index contributed by atoms with van der Waals surface area (Å²) >= 11 is 0.0338. The molecule has 0 spiro atoms. The van der Waals surface area contributed by atoms with E-state index in [-0.39, 0.29) is 0 Å². The van der Waals surface area contributed by atoms with Crippen molar-refractivity contribution in [3.8, 4) is 0 Å². The summed E-state index contributed by atoms with van der Waals surface area (Å²) in [7, 11) is 0. The van der Waals surface area contributed by atoms with Gasteiger partial charge in [0.1, 0.15) is 0 Å². The predicted molar refractivity (Wildman–Crippen MR) is 52.8 cm³/mol. The van der Waals surface area contributed by atoms with Gasteiger partial charge in [-0.05, 0) is 0 Å².